The largest absolute Gasteiger partial charge is 0.396 e. The molecular formula is C10H16ClNOS. The zero-order valence-corrected chi connectivity index (χ0v) is 10.00. The molecule has 0 saturated carbocycles. The lowest BCUT2D eigenvalue weighted by Gasteiger charge is -1.92. The minimum atomic E-state index is 0.212. The summed E-state index contributed by atoms with van der Waals surface area (Å²) in [6.45, 7) is 2.22. The second kappa shape index (κ2) is 6.38. The highest BCUT2D eigenvalue weighted by Crippen LogP contribution is 2.20. The zero-order chi connectivity index (χ0) is 10.4. The van der Waals surface area contributed by atoms with E-state index >= 15 is 0 Å². The minimum absolute atomic E-state index is 0.212. The third-order valence-corrected chi connectivity index (χ3v) is 3.59. The van der Waals surface area contributed by atoms with Crippen LogP contribution in [0.15, 0.2) is 0 Å². The number of thiazole rings is 1. The molecule has 0 aliphatic carbocycles. The topological polar surface area (TPSA) is 33.1 Å². The number of aliphatic hydroxyl groups is 1. The van der Waals surface area contributed by atoms with E-state index in [4.69, 9.17) is 16.7 Å². The summed E-state index contributed by atoms with van der Waals surface area (Å²) in [5.74, 6) is 0.730. The average Bonchev–Trinajstić information content (AvgIpc) is 2.49. The van der Waals surface area contributed by atoms with Crippen LogP contribution in [0.5, 0.6) is 0 Å². The Labute approximate surface area is 93.9 Å². The van der Waals surface area contributed by atoms with Crippen LogP contribution in [-0.4, -0.2) is 22.6 Å². The van der Waals surface area contributed by atoms with Gasteiger partial charge in [0.2, 0.25) is 0 Å². The molecule has 0 amide bonds. The van der Waals surface area contributed by atoms with E-state index in [1.54, 1.807) is 11.3 Å². The molecule has 14 heavy (non-hydrogen) atoms. The number of aryl methyl sites for hydroxylation is 2. The Balaban J connectivity index is 2.48. The Morgan fingerprint density at radius 2 is 2.14 bits per heavy atom. The third-order valence-electron chi connectivity index (χ3n) is 2.05. The van der Waals surface area contributed by atoms with Gasteiger partial charge in [-0.25, -0.2) is 4.98 Å². The Hall–Kier alpha value is -0.120. The smallest absolute Gasteiger partial charge is 0.0931 e. The van der Waals surface area contributed by atoms with Crippen molar-refractivity contribution in [2.45, 2.75) is 32.6 Å². The summed E-state index contributed by atoms with van der Waals surface area (Å²) in [6.07, 6.45) is 3.91. The van der Waals surface area contributed by atoms with E-state index in [9.17, 15) is 0 Å². The van der Waals surface area contributed by atoms with Crippen molar-refractivity contribution >= 4 is 22.9 Å². The number of halogens is 1. The van der Waals surface area contributed by atoms with Crippen LogP contribution in [-0.2, 0) is 12.8 Å². The van der Waals surface area contributed by atoms with Gasteiger partial charge in [0, 0.05) is 23.8 Å². The second-order valence-electron chi connectivity index (χ2n) is 3.24. The predicted octanol–water partition coefficient (Wildman–Crippen LogP) is 2.55. The van der Waals surface area contributed by atoms with Crippen LogP contribution in [0.4, 0.5) is 0 Å². The van der Waals surface area contributed by atoms with Gasteiger partial charge in [0.1, 0.15) is 0 Å². The van der Waals surface area contributed by atoms with Crippen molar-refractivity contribution < 1.29 is 5.11 Å². The number of aromatic nitrogens is 1. The number of hydrogen-bond donors (Lipinski definition) is 1. The van der Waals surface area contributed by atoms with Crippen molar-refractivity contribution in [2.75, 3.05) is 12.5 Å². The summed E-state index contributed by atoms with van der Waals surface area (Å²) >= 11 is 7.32. The van der Waals surface area contributed by atoms with E-state index < -0.39 is 0 Å². The van der Waals surface area contributed by atoms with E-state index in [1.165, 1.54) is 9.88 Å². The first kappa shape index (κ1) is 12.0. The quantitative estimate of drug-likeness (QED) is 0.605. The molecule has 0 saturated heterocycles. The van der Waals surface area contributed by atoms with Crippen molar-refractivity contribution in [1.29, 1.82) is 0 Å². The van der Waals surface area contributed by atoms with Crippen molar-refractivity contribution in [3.63, 3.8) is 0 Å². The van der Waals surface area contributed by atoms with Gasteiger partial charge < -0.3 is 5.11 Å². The normalized spacial score (nSPS) is 10.8. The Morgan fingerprint density at radius 1 is 1.36 bits per heavy atom. The summed E-state index contributed by atoms with van der Waals surface area (Å²) in [4.78, 5) is 5.68. The van der Waals surface area contributed by atoms with E-state index in [2.05, 4.69) is 4.98 Å². The summed E-state index contributed by atoms with van der Waals surface area (Å²) in [5.41, 5.74) is 1.07. The SMILES string of the molecule is Cc1nc(CCCCCl)sc1CCO. The van der Waals surface area contributed by atoms with Crippen molar-refractivity contribution in [1.82, 2.24) is 4.98 Å². The predicted molar refractivity (Wildman–Crippen MR) is 61.3 cm³/mol. The van der Waals surface area contributed by atoms with Crippen molar-refractivity contribution in [3.05, 3.63) is 15.6 Å². The first-order valence-electron chi connectivity index (χ1n) is 4.90. The fourth-order valence-electron chi connectivity index (χ4n) is 1.30. The van der Waals surface area contributed by atoms with Crippen LogP contribution in [0.1, 0.15) is 28.4 Å². The molecule has 1 aromatic rings. The number of aliphatic hydroxyl groups excluding tert-OH is 1. The van der Waals surface area contributed by atoms with Crippen LogP contribution in [0, 0.1) is 6.92 Å². The van der Waals surface area contributed by atoms with Gasteiger partial charge in [0.05, 0.1) is 10.7 Å². The molecular weight excluding hydrogens is 218 g/mol. The maximum absolute atomic E-state index is 8.83. The van der Waals surface area contributed by atoms with Gasteiger partial charge in [-0.1, -0.05) is 0 Å². The molecule has 80 valence electrons. The fourth-order valence-corrected chi connectivity index (χ4v) is 2.59. The average molecular weight is 234 g/mol. The summed E-state index contributed by atoms with van der Waals surface area (Å²) in [5, 5.41) is 10.0. The van der Waals surface area contributed by atoms with E-state index in [0.717, 1.165) is 37.3 Å². The lowest BCUT2D eigenvalue weighted by Crippen LogP contribution is -1.88. The van der Waals surface area contributed by atoms with Crippen LogP contribution in [0.2, 0.25) is 0 Å². The highest BCUT2D eigenvalue weighted by atomic mass is 35.5. The molecule has 0 unspecified atom stereocenters. The molecule has 0 fully saturated rings. The van der Waals surface area contributed by atoms with Gasteiger partial charge in [-0.3, -0.25) is 0 Å². The summed E-state index contributed by atoms with van der Waals surface area (Å²) < 4.78 is 0. The minimum Gasteiger partial charge on any atom is -0.396 e. The maximum atomic E-state index is 8.83. The standard InChI is InChI=1S/C10H16ClNOS/c1-8-9(5-7-13)14-10(12-8)4-2-3-6-11/h13H,2-7H2,1H3. The Bertz CT molecular complexity index is 275. The highest BCUT2D eigenvalue weighted by Gasteiger charge is 2.06. The summed E-state index contributed by atoms with van der Waals surface area (Å²) in [7, 11) is 0. The molecule has 4 heteroatoms. The van der Waals surface area contributed by atoms with Gasteiger partial charge in [-0.05, 0) is 26.2 Å². The third kappa shape index (κ3) is 3.56. The molecule has 0 radical (unpaired) electrons. The molecule has 0 aromatic carbocycles. The first-order chi connectivity index (χ1) is 6.77. The molecule has 0 aliphatic heterocycles. The highest BCUT2D eigenvalue weighted by molar-refractivity contribution is 7.11. The van der Waals surface area contributed by atoms with Gasteiger partial charge >= 0.3 is 0 Å². The monoisotopic (exact) mass is 233 g/mol. The van der Waals surface area contributed by atoms with Gasteiger partial charge in [0.15, 0.2) is 0 Å². The molecule has 1 rings (SSSR count). The Morgan fingerprint density at radius 3 is 2.79 bits per heavy atom. The molecule has 0 atom stereocenters. The number of hydrogen-bond acceptors (Lipinski definition) is 3. The van der Waals surface area contributed by atoms with E-state index in [0.29, 0.717) is 0 Å². The lowest BCUT2D eigenvalue weighted by molar-refractivity contribution is 0.300. The van der Waals surface area contributed by atoms with Gasteiger partial charge in [-0.2, -0.15) is 0 Å². The van der Waals surface area contributed by atoms with Crippen LogP contribution < -0.4 is 0 Å². The van der Waals surface area contributed by atoms with Crippen molar-refractivity contribution in [2.24, 2.45) is 0 Å². The fraction of sp³-hybridized carbons (Fsp3) is 0.700. The zero-order valence-electron chi connectivity index (χ0n) is 8.42. The van der Waals surface area contributed by atoms with Gasteiger partial charge in [0.25, 0.3) is 0 Å². The van der Waals surface area contributed by atoms with Crippen LogP contribution >= 0.6 is 22.9 Å². The molecule has 0 aliphatic rings. The molecule has 1 N–H and O–H groups in total. The number of unbranched alkanes of at least 4 members (excludes halogenated alkanes) is 1. The molecule has 0 spiro atoms. The van der Waals surface area contributed by atoms with Gasteiger partial charge in [-0.15, -0.1) is 22.9 Å². The summed E-state index contributed by atoms with van der Waals surface area (Å²) in [6, 6.07) is 0. The molecule has 0 bridgehead atoms. The lowest BCUT2D eigenvalue weighted by atomic mass is 10.2. The number of nitrogens with zero attached hydrogens (tertiary/aromatic N) is 1. The number of alkyl halides is 1. The molecule has 1 heterocycles. The number of rotatable bonds is 6. The molecule has 2 nitrogen and oxygen atoms in total. The van der Waals surface area contributed by atoms with Crippen molar-refractivity contribution in [3.8, 4) is 0 Å². The first-order valence-corrected chi connectivity index (χ1v) is 6.25. The van der Waals surface area contributed by atoms with E-state index in [1.807, 2.05) is 6.92 Å². The van der Waals surface area contributed by atoms with Crippen LogP contribution in [0.3, 0.4) is 0 Å². The van der Waals surface area contributed by atoms with Crippen LogP contribution in [0.25, 0.3) is 0 Å². The molecule has 1 aromatic heterocycles. The van der Waals surface area contributed by atoms with E-state index in [-0.39, 0.29) is 6.61 Å². The Kier molecular flexibility index (Phi) is 5.45. The second-order valence-corrected chi connectivity index (χ2v) is 4.78. The maximum Gasteiger partial charge on any atom is 0.0931 e.